The number of ether oxygens (including phenoxy) is 2. The van der Waals surface area contributed by atoms with Gasteiger partial charge in [0.2, 0.25) is 0 Å². The van der Waals surface area contributed by atoms with Crippen LogP contribution in [-0.2, 0) is 4.74 Å². The van der Waals surface area contributed by atoms with Crippen molar-refractivity contribution in [1.29, 1.82) is 0 Å². The van der Waals surface area contributed by atoms with Gasteiger partial charge in [-0.3, -0.25) is 4.99 Å². The molecule has 1 fully saturated rings. The zero-order chi connectivity index (χ0) is 16.0. The number of nitrogens with zero attached hydrogens (tertiary/aromatic N) is 1. The van der Waals surface area contributed by atoms with E-state index >= 15 is 0 Å². The quantitative estimate of drug-likeness (QED) is 0.623. The lowest BCUT2D eigenvalue weighted by Crippen LogP contribution is -2.51. The number of aliphatic imine (C=N–C) groups is 1. The summed E-state index contributed by atoms with van der Waals surface area (Å²) in [5.74, 6) is 1.73. The minimum Gasteiger partial charge on any atom is -0.489 e. The number of aryl methyl sites for hydroxylation is 1. The highest BCUT2D eigenvalue weighted by molar-refractivity contribution is 5.79. The number of benzene rings is 1. The zero-order valence-electron chi connectivity index (χ0n) is 14.0. The van der Waals surface area contributed by atoms with Gasteiger partial charge >= 0.3 is 0 Å². The number of nitrogens with one attached hydrogen (secondary N) is 2. The van der Waals surface area contributed by atoms with Crippen LogP contribution in [-0.4, -0.2) is 45.4 Å². The molecule has 1 saturated heterocycles. The Morgan fingerprint density at radius 3 is 2.68 bits per heavy atom. The Morgan fingerprint density at radius 1 is 1.36 bits per heavy atom. The molecule has 2 N–H and O–H groups in total. The minimum atomic E-state index is 0.0577. The predicted molar refractivity (Wildman–Crippen MR) is 89.6 cm³/mol. The number of rotatable bonds is 6. The standard InChI is InChI=1S/C17H27N3O2/c1-13-7-5-6-8-15(13)22-14(2)9-19-16(18-4)20-10-17(3)11-21-12-17/h5-8,14H,9-12H2,1-4H3,(H2,18,19,20). The maximum Gasteiger partial charge on any atom is 0.191 e. The van der Waals surface area contributed by atoms with E-state index in [0.717, 1.165) is 37.0 Å². The lowest BCUT2D eigenvalue weighted by atomic mass is 9.89. The van der Waals surface area contributed by atoms with Crippen LogP contribution >= 0.6 is 0 Å². The Bertz CT molecular complexity index is 512. The molecule has 1 aliphatic heterocycles. The first kappa shape index (κ1) is 16.6. The van der Waals surface area contributed by atoms with Gasteiger partial charge in [0.05, 0.1) is 19.8 Å². The second kappa shape index (κ2) is 7.49. The summed E-state index contributed by atoms with van der Waals surface area (Å²) in [6.07, 6.45) is 0.0577. The Balaban J connectivity index is 1.74. The molecule has 5 heteroatoms. The molecule has 0 spiro atoms. The molecule has 0 radical (unpaired) electrons. The van der Waals surface area contributed by atoms with Crippen LogP contribution in [0.3, 0.4) is 0 Å². The SMILES string of the molecule is CN=C(NCC(C)Oc1ccccc1C)NCC1(C)COC1. The van der Waals surface area contributed by atoms with Gasteiger partial charge in [0, 0.05) is 19.0 Å². The summed E-state index contributed by atoms with van der Waals surface area (Å²) in [5, 5.41) is 6.65. The molecular weight excluding hydrogens is 278 g/mol. The van der Waals surface area contributed by atoms with Crippen LogP contribution in [0.15, 0.2) is 29.3 Å². The Hall–Kier alpha value is -1.75. The van der Waals surface area contributed by atoms with E-state index < -0.39 is 0 Å². The normalized spacial score (nSPS) is 18.3. The van der Waals surface area contributed by atoms with E-state index in [2.05, 4.69) is 35.5 Å². The molecule has 0 saturated carbocycles. The second-order valence-corrected chi connectivity index (χ2v) is 6.30. The third-order valence-corrected chi connectivity index (χ3v) is 3.79. The van der Waals surface area contributed by atoms with Gasteiger partial charge in [-0.15, -0.1) is 0 Å². The molecule has 1 aliphatic rings. The van der Waals surface area contributed by atoms with E-state index in [0.29, 0.717) is 6.54 Å². The number of hydrogen-bond donors (Lipinski definition) is 2. The molecule has 1 atom stereocenters. The average molecular weight is 305 g/mol. The van der Waals surface area contributed by atoms with Crippen LogP contribution in [0.2, 0.25) is 0 Å². The van der Waals surface area contributed by atoms with Crippen LogP contribution in [0.25, 0.3) is 0 Å². The molecule has 1 aromatic carbocycles. The van der Waals surface area contributed by atoms with Crippen LogP contribution in [0, 0.1) is 12.3 Å². The first-order valence-corrected chi connectivity index (χ1v) is 7.77. The summed E-state index contributed by atoms with van der Waals surface area (Å²) < 4.78 is 11.2. The molecule has 2 rings (SSSR count). The van der Waals surface area contributed by atoms with Crippen molar-refractivity contribution >= 4 is 5.96 Å². The van der Waals surface area contributed by atoms with Crippen LogP contribution in [0.4, 0.5) is 0 Å². The van der Waals surface area contributed by atoms with E-state index in [1.807, 2.05) is 25.1 Å². The molecule has 122 valence electrons. The third kappa shape index (κ3) is 4.63. The topological polar surface area (TPSA) is 54.9 Å². The van der Waals surface area contributed by atoms with E-state index in [1.165, 1.54) is 0 Å². The van der Waals surface area contributed by atoms with Gasteiger partial charge in [-0.05, 0) is 25.5 Å². The average Bonchev–Trinajstić information content (AvgIpc) is 2.48. The van der Waals surface area contributed by atoms with Crippen LogP contribution in [0.1, 0.15) is 19.4 Å². The summed E-state index contributed by atoms with van der Waals surface area (Å²) >= 11 is 0. The fourth-order valence-corrected chi connectivity index (χ4v) is 2.26. The fraction of sp³-hybridized carbons (Fsp3) is 0.588. The Morgan fingerprint density at radius 2 is 2.09 bits per heavy atom. The third-order valence-electron chi connectivity index (χ3n) is 3.79. The minimum absolute atomic E-state index is 0.0577. The largest absolute Gasteiger partial charge is 0.489 e. The molecule has 5 nitrogen and oxygen atoms in total. The van der Waals surface area contributed by atoms with Crippen molar-refractivity contribution in [3.8, 4) is 5.75 Å². The molecule has 0 aromatic heterocycles. The molecule has 0 aliphatic carbocycles. The first-order chi connectivity index (χ1) is 10.5. The lowest BCUT2D eigenvalue weighted by molar-refractivity contribution is -0.0971. The monoisotopic (exact) mass is 305 g/mol. The summed E-state index contributed by atoms with van der Waals surface area (Å²) in [5.41, 5.74) is 1.37. The van der Waals surface area contributed by atoms with Gasteiger partial charge in [-0.25, -0.2) is 0 Å². The van der Waals surface area contributed by atoms with Crippen molar-refractivity contribution in [2.24, 2.45) is 10.4 Å². The van der Waals surface area contributed by atoms with Crippen molar-refractivity contribution in [1.82, 2.24) is 10.6 Å². The molecule has 1 unspecified atom stereocenters. The molecule has 0 amide bonds. The van der Waals surface area contributed by atoms with Crippen molar-refractivity contribution in [2.45, 2.75) is 26.9 Å². The van der Waals surface area contributed by atoms with Crippen LogP contribution < -0.4 is 15.4 Å². The predicted octanol–water partition coefficient (Wildman–Crippen LogP) is 1.96. The summed E-state index contributed by atoms with van der Waals surface area (Å²) in [4.78, 5) is 4.24. The number of guanidine groups is 1. The van der Waals surface area contributed by atoms with Gasteiger partial charge in [-0.2, -0.15) is 0 Å². The molecule has 1 heterocycles. The van der Waals surface area contributed by atoms with E-state index in [4.69, 9.17) is 9.47 Å². The highest BCUT2D eigenvalue weighted by atomic mass is 16.5. The second-order valence-electron chi connectivity index (χ2n) is 6.30. The maximum atomic E-state index is 5.95. The van der Waals surface area contributed by atoms with Gasteiger partial charge in [0.1, 0.15) is 11.9 Å². The van der Waals surface area contributed by atoms with E-state index in [-0.39, 0.29) is 11.5 Å². The Labute approximate surface area is 133 Å². The van der Waals surface area contributed by atoms with Gasteiger partial charge in [0.25, 0.3) is 0 Å². The molecule has 22 heavy (non-hydrogen) atoms. The van der Waals surface area contributed by atoms with Crippen LogP contribution in [0.5, 0.6) is 5.75 Å². The fourth-order valence-electron chi connectivity index (χ4n) is 2.26. The molecular formula is C17H27N3O2. The molecule has 0 bridgehead atoms. The highest BCUT2D eigenvalue weighted by Crippen LogP contribution is 2.24. The van der Waals surface area contributed by atoms with Gasteiger partial charge in [-0.1, -0.05) is 25.1 Å². The van der Waals surface area contributed by atoms with Gasteiger partial charge < -0.3 is 20.1 Å². The molecule has 1 aromatic rings. The first-order valence-electron chi connectivity index (χ1n) is 7.77. The number of para-hydroxylation sites is 1. The van der Waals surface area contributed by atoms with E-state index in [9.17, 15) is 0 Å². The van der Waals surface area contributed by atoms with Crippen molar-refractivity contribution in [2.75, 3.05) is 33.4 Å². The maximum absolute atomic E-state index is 5.95. The Kier molecular flexibility index (Phi) is 5.66. The van der Waals surface area contributed by atoms with E-state index in [1.54, 1.807) is 7.05 Å². The summed E-state index contributed by atoms with van der Waals surface area (Å²) in [6, 6.07) is 8.06. The van der Waals surface area contributed by atoms with Gasteiger partial charge in [0.15, 0.2) is 5.96 Å². The van der Waals surface area contributed by atoms with Crippen molar-refractivity contribution < 1.29 is 9.47 Å². The van der Waals surface area contributed by atoms with Crippen molar-refractivity contribution in [3.63, 3.8) is 0 Å². The summed E-state index contributed by atoms with van der Waals surface area (Å²) in [7, 11) is 1.78. The summed E-state index contributed by atoms with van der Waals surface area (Å²) in [6.45, 7) is 9.49. The lowest BCUT2D eigenvalue weighted by Gasteiger charge is -2.38. The zero-order valence-corrected chi connectivity index (χ0v) is 14.0. The van der Waals surface area contributed by atoms with Crippen molar-refractivity contribution in [3.05, 3.63) is 29.8 Å². The number of hydrogen-bond acceptors (Lipinski definition) is 3. The highest BCUT2D eigenvalue weighted by Gasteiger charge is 2.33. The smallest absolute Gasteiger partial charge is 0.191 e.